The Hall–Kier alpha value is -0.670. The predicted molar refractivity (Wildman–Crippen MR) is 98.5 cm³/mol. The molecule has 0 saturated carbocycles. The third-order valence-electron chi connectivity index (χ3n) is 4.50. The average Bonchev–Trinajstić information content (AvgIpc) is 2.96. The number of nitrogens with zero attached hydrogens (tertiary/aromatic N) is 2. The highest BCUT2D eigenvalue weighted by Crippen LogP contribution is 2.16. The van der Waals surface area contributed by atoms with E-state index in [9.17, 15) is 0 Å². The Balaban J connectivity index is 1.82. The van der Waals surface area contributed by atoms with Gasteiger partial charge in [-0.05, 0) is 32.6 Å². The average molecular weight is 308 g/mol. The van der Waals surface area contributed by atoms with Crippen LogP contribution in [0.5, 0.6) is 0 Å². The van der Waals surface area contributed by atoms with E-state index in [4.69, 9.17) is 5.73 Å². The lowest BCUT2D eigenvalue weighted by Crippen LogP contribution is -2.34. The van der Waals surface area contributed by atoms with Crippen molar-refractivity contribution in [1.82, 2.24) is 4.90 Å². The van der Waals surface area contributed by atoms with Crippen LogP contribution in [0.4, 0.5) is 0 Å². The van der Waals surface area contributed by atoms with Crippen LogP contribution in [-0.4, -0.2) is 36.9 Å². The summed E-state index contributed by atoms with van der Waals surface area (Å²) in [4.78, 5) is 6.96. The molecule has 3 nitrogen and oxygen atoms in total. The van der Waals surface area contributed by atoms with Gasteiger partial charge in [0.2, 0.25) is 0 Å². The highest BCUT2D eigenvalue weighted by molar-refractivity contribution is 5.62. The molecule has 3 heteroatoms. The van der Waals surface area contributed by atoms with Crippen molar-refractivity contribution in [1.29, 1.82) is 0 Å². The standard InChI is InChI=1S/C19H37N3/c1-2-3-4-5-6-7-8-9-10-11-12-13-14-19-21-16-18-22(19)17-15-20/h2-3,16,19H,4-15,17-18,20H2,1H3/b3-2+. The fourth-order valence-electron chi connectivity index (χ4n) is 3.15. The highest BCUT2D eigenvalue weighted by Gasteiger charge is 2.19. The summed E-state index contributed by atoms with van der Waals surface area (Å²) in [7, 11) is 0. The van der Waals surface area contributed by atoms with Crippen molar-refractivity contribution in [2.45, 2.75) is 83.7 Å². The van der Waals surface area contributed by atoms with Crippen molar-refractivity contribution in [2.24, 2.45) is 10.7 Å². The van der Waals surface area contributed by atoms with E-state index in [1.807, 2.05) is 0 Å². The van der Waals surface area contributed by atoms with Crippen LogP contribution in [0.25, 0.3) is 0 Å². The van der Waals surface area contributed by atoms with Gasteiger partial charge in [-0.15, -0.1) is 0 Å². The first-order valence-electron chi connectivity index (χ1n) is 9.45. The summed E-state index contributed by atoms with van der Waals surface area (Å²) in [6, 6.07) is 0. The maximum absolute atomic E-state index is 5.64. The number of aliphatic imine (C=N–C) groups is 1. The van der Waals surface area contributed by atoms with Crippen LogP contribution in [0, 0.1) is 0 Å². The van der Waals surface area contributed by atoms with Crippen LogP contribution in [0.1, 0.15) is 77.6 Å². The van der Waals surface area contributed by atoms with Crippen molar-refractivity contribution in [2.75, 3.05) is 19.6 Å². The number of allylic oxidation sites excluding steroid dienone is 2. The fourth-order valence-corrected chi connectivity index (χ4v) is 3.15. The second kappa shape index (κ2) is 14.0. The molecule has 0 saturated heterocycles. The Morgan fingerprint density at radius 2 is 1.68 bits per heavy atom. The molecule has 1 rings (SSSR count). The molecule has 0 radical (unpaired) electrons. The summed E-state index contributed by atoms with van der Waals surface area (Å²) in [6.45, 7) is 4.83. The van der Waals surface area contributed by atoms with Gasteiger partial charge >= 0.3 is 0 Å². The van der Waals surface area contributed by atoms with Crippen molar-refractivity contribution in [3.8, 4) is 0 Å². The van der Waals surface area contributed by atoms with Gasteiger partial charge in [0.15, 0.2) is 0 Å². The van der Waals surface area contributed by atoms with E-state index in [0.29, 0.717) is 6.17 Å². The SMILES string of the molecule is C/C=C/CCCCCCCCCCCC1N=CCN1CCN. The molecule has 0 fully saturated rings. The van der Waals surface area contributed by atoms with E-state index in [0.717, 1.165) is 19.6 Å². The summed E-state index contributed by atoms with van der Waals surface area (Å²) < 4.78 is 0. The summed E-state index contributed by atoms with van der Waals surface area (Å²) in [6.07, 6.45) is 21.9. The zero-order valence-corrected chi connectivity index (χ0v) is 14.7. The molecule has 0 amide bonds. The first-order valence-corrected chi connectivity index (χ1v) is 9.45. The van der Waals surface area contributed by atoms with Crippen LogP contribution in [0.3, 0.4) is 0 Å². The Bertz CT molecular complexity index is 299. The minimum absolute atomic E-state index is 0.417. The third-order valence-corrected chi connectivity index (χ3v) is 4.50. The van der Waals surface area contributed by atoms with E-state index < -0.39 is 0 Å². The predicted octanol–water partition coefficient (Wildman–Crippen LogP) is 4.52. The molecule has 0 spiro atoms. The Morgan fingerprint density at radius 1 is 1.05 bits per heavy atom. The molecule has 1 heterocycles. The number of rotatable bonds is 14. The number of hydrogen-bond donors (Lipinski definition) is 1. The maximum Gasteiger partial charge on any atom is 0.102 e. The quantitative estimate of drug-likeness (QED) is 0.378. The van der Waals surface area contributed by atoms with Gasteiger partial charge in [-0.1, -0.05) is 57.1 Å². The monoisotopic (exact) mass is 307 g/mol. The van der Waals surface area contributed by atoms with Gasteiger partial charge in [0.1, 0.15) is 6.17 Å². The minimum Gasteiger partial charge on any atom is -0.329 e. The summed E-state index contributed by atoms with van der Waals surface area (Å²) in [5.74, 6) is 0. The van der Waals surface area contributed by atoms with Crippen LogP contribution < -0.4 is 5.73 Å². The minimum atomic E-state index is 0.417. The Kier molecular flexibility index (Phi) is 12.3. The molecule has 0 aromatic heterocycles. The van der Waals surface area contributed by atoms with Gasteiger partial charge in [0.25, 0.3) is 0 Å². The topological polar surface area (TPSA) is 41.6 Å². The zero-order valence-electron chi connectivity index (χ0n) is 14.7. The lowest BCUT2D eigenvalue weighted by atomic mass is 10.1. The van der Waals surface area contributed by atoms with Crippen molar-refractivity contribution in [3.05, 3.63) is 12.2 Å². The Morgan fingerprint density at radius 3 is 2.32 bits per heavy atom. The van der Waals surface area contributed by atoms with E-state index >= 15 is 0 Å². The van der Waals surface area contributed by atoms with Crippen molar-refractivity contribution >= 4 is 6.21 Å². The largest absolute Gasteiger partial charge is 0.329 e. The van der Waals surface area contributed by atoms with E-state index in [1.54, 1.807) is 0 Å². The summed E-state index contributed by atoms with van der Waals surface area (Å²) in [5, 5.41) is 0. The lowest BCUT2D eigenvalue weighted by Gasteiger charge is -2.21. The van der Waals surface area contributed by atoms with Crippen molar-refractivity contribution in [3.63, 3.8) is 0 Å². The second-order valence-electron chi connectivity index (χ2n) is 6.42. The zero-order chi connectivity index (χ0) is 15.9. The molecule has 0 aromatic rings. The van der Waals surface area contributed by atoms with E-state index in [1.165, 1.54) is 70.6 Å². The Labute approximate surface area is 138 Å². The summed E-state index contributed by atoms with van der Waals surface area (Å²) >= 11 is 0. The highest BCUT2D eigenvalue weighted by atomic mass is 15.3. The molecule has 2 N–H and O–H groups in total. The number of nitrogens with two attached hydrogens (primary N) is 1. The molecule has 22 heavy (non-hydrogen) atoms. The molecule has 0 aromatic carbocycles. The molecule has 1 unspecified atom stereocenters. The van der Waals surface area contributed by atoms with Gasteiger partial charge in [-0.3, -0.25) is 9.89 Å². The first-order chi connectivity index (χ1) is 10.9. The normalized spacial score (nSPS) is 18.7. The van der Waals surface area contributed by atoms with Crippen LogP contribution >= 0.6 is 0 Å². The first kappa shape index (κ1) is 19.4. The van der Waals surface area contributed by atoms with Gasteiger partial charge in [-0.25, -0.2) is 0 Å². The molecule has 1 atom stereocenters. The molecule has 1 aliphatic rings. The van der Waals surface area contributed by atoms with Crippen LogP contribution in [-0.2, 0) is 0 Å². The van der Waals surface area contributed by atoms with Gasteiger partial charge in [-0.2, -0.15) is 0 Å². The lowest BCUT2D eigenvalue weighted by molar-refractivity contribution is 0.241. The van der Waals surface area contributed by atoms with Gasteiger partial charge < -0.3 is 5.73 Å². The van der Waals surface area contributed by atoms with Crippen LogP contribution in [0.2, 0.25) is 0 Å². The molecule has 0 bridgehead atoms. The molecule has 128 valence electrons. The van der Waals surface area contributed by atoms with Gasteiger partial charge in [0.05, 0.1) is 0 Å². The fraction of sp³-hybridized carbons (Fsp3) is 0.842. The smallest absolute Gasteiger partial charge is 0.102 e. The summed E-state index contributed by atoms with van der Waals surface area (Å²) in [5.41, 5.74) is 5.64. The maximum atomic E-state index is 5.64. The molecular formula is C19H37N3. The van der Waals surface area contributed by atoms with Gasteiger partial charge in [0, 0.05) is 25.8 Å². The number of unbranched alkanes of at least 4 members (excludes halogenated alkanes) is 9. The third kappa shape index (κ3) is 9.37. The van der Waals surface area contributed by atoms with Crippen molar-refractivity contribution < 1.29 is 0 Å². The van der Waals surface area contributed by atoms with E-state index in [-0.39, 0.29) is 0 Å². The van der Waals surface area contributed by atoms with Crippen LogP contribution in [0.15, 0.2) is 17.1 Å². The molecule has 1 aliphatic heterocycles. The number of hydrogen-bond acceptors (Lipinski definition) is 3. The van der Waals surface area contributed by atoms with E-state index in [2.05, 4.69) is 35.2 Å². The molecular weight excluding hydrogens is 270 g/mol. The second-order valence-corrected chi connectivity index (χ2v) is 6.42. The molecule has 0 aliphatic carbocycles.